The van der Waals surface area contributed by atoms with Crippen LogP contribution in [0.2, 0.25) is 0 Å². The van der Waals surface area contributed by atoms with Crippen LogP contribution in [0.5, 0.6) is 0 Å². The van der Waals surface area contributed by atoms with Gasteiger partial charge in [-0.2, -0.15) is 10.2 Å². The molecule has 2 fully saturated rings. The molecule has 0 atom stereocenters. The lowest BCUT2D eigenvalue weighted by molar-refractivity contribution is 0.178. The third-order valence-corrected chi connectivity index (χ3v) is 6.06. The van der Waals surface area contributed by atoms with Crippen LogP contribution in [0.1, 0.15) is 43.3 Å². The molecule has 10 heteroatoms. The monoisotopic (exact) mass is 426 g/mol. The van der Waals surface area contributed by atoms with E-state index in [4.69, 9.17) is 0 Å². The van der Waals surface area contributed by atoms with E-state index < -0.39 is 0 Å². The SMILES string of the molecule is O=c1[nH]ncn1C1CCN(Cc2ccccc2)CC1.O=c1[nH]ncn1C1CCNCC1. The van der Waals surface area contributed by atoms with Crippen molar-refractivity contribution < 1.29 is 0 Å². The summed E-state index contributed by atoms with van der Waals surface area (Å²) >= 11 is 0. The summed E-state index contributed by atoms with van der Waals surface area (Å²) in [5.74, 6) is 0. The maximum atomic E-state index is 11.5. The maximum absolute atomic E-state index is 11.5. The average Bonchev–Trinajstić information content (AvgIpc) is 3.44. The summed E-state index contributed by atoms with van der Waals surface area (Å²) in [6.07, 6.45) is 7.23. The lowest BCUT2D eigenvalue weighted by Crippen LogP contribution is -2.36. The molecule has 0 radical (unpaired) electrons. The van der Waals surface area contributed by atoms with Crippen molar-refractivity contribution in [1.29, 1.82) is 0 Å². The summed E-state index contributed by atoms with van der Waals surface area (Å²) in [7, 11) is 0. The summed E-state index contributed by atoms with van der Waals surface area (Å²) in [4.78, 5) is 25.1. The second kappa shape index (κ2) is 10.4. The van der Waals surface area contributed by atoms with Crippen molar-refractivity contribution in [2.75, 3.05) is 26.2 Å². The fourth-order valence-electron chi connectivity index (χ4n) is 4.32. The minimum Gasteiger partial charge on any atom is -0.317 e. The zero-order valence-corrected chi connectivity index (χ0v) is 17.6. The van der Waals surface area contributed by atoms with Crippen molar-refractivity contribution in [3.8, 4) is 0 Å². The van der Waals surface area contributed by atoms with Gasteiger partial charge in [0.2, 0.25) is 0 Å². The zero-order valence-electron chi connectivity index (χ0n) is 17.6. The first kappa shape index (κ1) is 21.3. The van der Waals surface area contributed by atoms with Gasteiger partial charge in [-0.25, -0.2) is 19.8 Å². The lowest BCUT2D eigenvalue weighted by atomic mass is 10.0. The molecule has 166 valence electrons. The van der Waals surface area contributed by atoms with Crippen LogP contribution in [0.15, 0.2) is 52.6 Å². The Hall–Kier alpha value is -2.98. The summed E-state index contributed by atoms with van der Waals surface area (Å²) in [6, 6.07) is 11.1. The van der Waals surface area contributed by atoms with Gasteiger partial charge < -0.3 is 5.32 Å². The second-order valence-electron chi connectivity index (χ2n) is 8.11. The Morgan fingerprint density at radius 3 is 1.87 bits per heavy atom. The van der Waals surface area contributed by atoms with E-state index in [0.717, 1.165) is 58.4 Å². The molecule has 4 heterocycles. The van der Waals surface area contributed by atoms with Gasteiger partial charge in [0.25, 0.3) is 0 Å². The van der Waals surface area contributed by atoms with E-state index in [0.29, 0.717) is 12.1 Å². The number of H-pyrrole nitrogens is 2. The van der Waals surface area contributed by atoms with E-state index in [-0.39, 0.29) is 11.4 Å². The number of likely N-dealkylation sites (tertiary alicyclic amines) is 1. The molecule has 3 aromatic rings. The van der Waals surface area contributed by atoms with Crippen molar-refractivity contribution in [1.82, 2.24) is 39.7 Å². The van der Waals surface area contributed by atoms with Gasteiger partial charge in [0.15, 0.2) is 0 Å². The molecule has 0 saturated carbocycles. The molecular formula is C21H30N8O2. The molecule has 2 aliphatic heterocycles. The minimum absolute atomic E-state index is 0.0955. The number of nitrogens with one attached hydrogen (secondary N) is 3. The van der Waals surface area contributed by atoms with Crippen LogP contribution < -0.4 is 16.7 Å². The van der Waals surface area contributed by atoms with Crippen LogP contribution in [0, 0.1) is 0 Å². The first-order chi connectivity index (χ1) is 15.2. The number of hydrogen-bond acceptors (Lipinski definition) is 6. The number of aromatic amines is 2. The van der Waals surface area contributed by atoms with Crippen LogP contribution in [-0.2, 0) is 6.54 Å². The highest BCUT2D eigenvalue weighted by Crippen LogP contribution is 2.21. The van der Waals surface area contributed by atoms with E-state index in [1.54, 1.807) is 21.8 Å². The third-order valence-electron chi connectivity index (χ3n) is 6.06. The molecule has 0 aliphatic carbocycles. The van der Waals surface area contributed by atoms with E-state index in [1.165, 1.54) is 5.56 Å². The molecule has 2 aliphatic rings. The standard InChI is InChI=1S/C14H18N4O.C7H12N4O/c19-14-16-15-11-18(14)13-6-8-17(9-7-13)10-12-4-2-1-3-5-12;12-7-10-9-5-11(7)6-1-3-8-4-2-6/h1-5,11,13H,6-10H2,(H,16,19);5-6,8H,1-4H2,(H,10,12). The van der Waals surface area contributed by atoms with Crippen LogP contribution in [0.4, 0.5) is 0 Å². The normalized spacial score (nSPS) is 18.5. The summed E-state index contributed by atoms with van der Waals surface area (Å²) < 4.78 is 3.40. The van der Waals surface area contributed by atoms with Gasteiger partial charge in [-0.3, -0.25) is 14.0 Å². The van der Waals surface area contributed by atoms with Crippen LogP contribution >= 0.6 is 0 Å². The van der Waals surface area contributed by atoms with Crippen molar-refractivity contribution in [3.05, 3.63) is 69.5 Å². The molecule has 10 nitrogen and oxygen atoms in total. The highest BCUT2D eigenvalue weighted by molar-refractivity contribution is 5.14. The van der Waals surface area contributed by atoms with Gasteiger partial charge in [-0.15, -0.1) is 0 Å². The minimum atomic E-state index is -0.0958. The Morgan fingerprint density at radius 2 is 1.35 bits per heavy atom. The van der Waals surface area contributed by atoms with E-state index >= 15 is 0 Å². The molecule has 1 aromatic carbocycles. The van der Waals surface area contributed by atoms with Crippen LogP contribution in [0.25, 0.3) is 0 Å². The lowest BCUT2D eigenvalue weighted by Gasteiger charge is -2.31. The molecule has 2 aromatic heterocycles. The van der Waals surface area contributed by atoms with Gasteiger partial charge >= 0.3 is 11.4 Å². The number of nitrogens with zero attached hydrogens (tertiary/aromatic N) is 5. The molecule has 0 spiro atoms. The molecule has 0 bridgehead atoms. The molecule has 3 N–H and O–H groups in total. The Bertz CT molecular complexity index is 1020. The van der Waals surface area contributed by atoms with E-state index in [1.807, 2.05) is 6.07 Å². The highest BCUT2D eigenvalue weighted by Gasteiger charge is 2.21. The fourth-order valence-corrected chi connectivity index (χ4v) is 4.32. The van der Waals surface area contributed by atoms with Crippen molar-refractivity contribution in [2.45, 2.75) is 44.3 Å². The number of aromatic nitrogens is 6. The maximum Gasteiger partial charge on any atom is 0.343 e. The topological polar surface area (TPSA) is 117 Å². The van der Waals surface area contributed by atoms with Crippen molar-refractivity contribution in [2.24, 2.45) is 0 Å². The summed E-state index contributed by atoms with van der Waals surface area (Å²) in [6.45, 7) is 5.02. The fraction of sp³-hybridized carbons (Fsp3) is 0.524. The molecule has 0 amide bonds. The largest absolute Gasteiger partial charge is 0.343 e. The summed E-state index contributed by atoms with van der Waals surface area (Å²) in [5.41, 5.74) is 1.16. The van der Waals surface area contributed by atoms with Crippen LogP contribution in [0.3, 0.4) is 0 Å². The van der Waals surface area contributed by atoms with Gasteiger partial charge in [0.1, 0.15) is 12.7 Å². The van der Waals surface area contributed by atoms with Gasteiger partial charge in [-0.1, -0.05) is 30.3 Å². The van der Waals surface area contributed by atoms with Crippen molar-refractivity contribution >= 4 is 0 Å². The average molecular weight is 427 g/mol. The number of rotatable bonds is 4. The zero-order chi connectivity index (χ0) is 21.5. The smallest absolute Gasteiger partial charge is 0.317 e. The number of benzene rings is 1. The number of piperidine rings is 2. The van der Waals surface area contributed by atoms with Gasteiger partial charge in [0, 0.05) is 31.7 Å². The van der Waals surface area contributed by atoms with Crippen molar-refractivity contribution in [3.63, 3.8) is 0 Å². The molecule has 2 saturated heterocycles. The van der Waals surface area contributed by atoms with Gasteiger partial charge in [0.05, 0.1) is 0 Å². The Morgan fingerprint density at radius 1 is 0.806 bits per heavy atom. The first-order valence-corrected chi connectivity index (χ1v) is 10.9. The second-order valence-corrected chi connectivity index (χ2v) is 8.11. The first-order valence-electron chi connectivity index (χ1n) is 10.9. The van der Waals surface area contributed by atoms with E-state index in [2.05, 4.69) is 54.9 Å². The predicted octanol–water partition coefficient (Wildman–Crippen LogP) is 0.904. The highest BCUT2D eigenvalue weighted by atomic mass is 16.2. The predicted molar refractivity (Wildman–Crippen MR) is 117 cm³/mol. The summed E-state index contributed by atoms with van der Waals surface area (Å²) in [5, 5.41) is 15.6. The Kier molecular flexibility index (Phi) is 7.11. The third kappa shape index (κ3) is 5.59. The van der Waals surface area contributed by atoms with Gasteiger partial charge in [-0.05, 0) is 44.3 Å². The van der Waals surface area contributed by atoms with E-state index in [9.17, 15) is 9.59 Å². The quantitative estimate of drug-likeness (QED) is 0.571. The molecular weight excluding hydrogens is 396 g/mol. The molecule has 31 heavy (non-hydrogen) atoms. The Balaban J connectivity index is 0.000000166. The molecule has 0 unspecified atom stereocenters. The number of hydrogen-bond donors (Lipinski definition) is 3. The molecule has 5 rings (SSSR count). The van der Waals surface area contributed by atoms with Crippen LogP contribution in [-0.4, -0.2) is 60.6 Å². The Labute approximate surface area is 180 Å².